The fourth-order valence-electron chi connectivity index (χ4n) is 3.98. The van der Waals surface area contributed by atoms with Gasteiger partial charge in [-0.05, 0) is 84.2 Å². The standard InChI is InChI=1S/C25H29N3/c1-6-16(4)24-21(11-17(5)22(14-26)25(24)27-8-3)19-9-10-20-12-18(7-2)15-28-23(20)13-19/h8-11,13,15-16,18,27H,3,6-7,12H2,1-2,4-5H3. The maximum Gasteiger partial charge on any atom is 0.102 e. The number of hydrogen-bond donors (Lipinski definition) is 1. The predicted molar refractivity (Wildman–Crippen MR) is 119 cm³/mol. The van der Waals surface area contributed by atoms with E-state index in [0.29, 0.717) is 17.4 Å². The lowest BCUT2D eigenvalue weighted by molar-refractivity contribution is 0.667. The van der Waals surface area contributed by atoms with Gasteiger partial charge < -0.3 is 5.32 Å². The Kier molecular flexibility index (Phi) is 5.99. The van der Waals surface area contributed by atoms with Crippen molar-refractivity contribution in [3.63, 3.8) is 0 Å². The van der Waals surface area contributed by atoms with E-state index in [1.54, 1.807) is 6.20 Å². The lowest BCUT2D eigenvalue weighted by atomic mass is 9.84. The lowest BCUT2D eigenvalue weighted by Crippen LogP contribution is -2.09. The van der Waals surface area contributed by atoms with E-state index < -0.39 is 0 Å². The van der Waals surface area contributed by atoms with Crippen molar-refractivity contribution in [1.82, 2.24) is 0 Å². The smallest absolute Gasteiger partial charge is 0.102 e. The van der Waals surface area contributed by atoms with Crippen LogP contribution < -0.4 is 5.32 Å². The molecule has 2 aromatic carbocycles. The number of hydrogen-bond acceptors (Lipinski definition) is 3. The molecule has 0 radical (unpaired) electrons. The Bertz CT molecular complexity index is 963. The number of aliphatic imine (C=N–C) groups is 1. The van der Waals surface area contributed by atoms with E-state index >= 15 is 0 Å². The summed E-state index contributed by atoms with van der Waals surface area (Å²) < 4.78 is 0. The molecule has 28 heavy (non-hydrogen) atoms. The summed E-state index contributed by atoms with van der Waals surface area (Å²) in [5.41, 5.74) is 8.44. The van der Waals surface area contributed by atoms with Crippen molar-refractivity contribution in [1.29, 1.82) is 5.26 Å². The van der Waals surface area contributed by atoms with E-state index in [-0.39, 0.29) is 0 Å². The van der Waals surface area contributed by atoms with E-state index in [4.69, 9.17) is 4.99 Å². The van der Waals surface area contributed by atoms with Gasteiger partial charge in [0.2, 0.25) is 0 Å². The summed E-state index contributed by atoms with van der Waals surface area (Å²) >= 11 is 0. The molecule has 1 N–H and O–H groups in total. The molecule has 0 saturated heterocycles. The van der Waals surface area contributed by atoms with Gasteiger partial charge >= 0.3 is 0 Å². The molecule has 0 saturated carbocycles. The van der Waals surface area contributed by atoms with Gasteiger partial charge in [-0.15, -0.1) is 0 Å². The van der Waals surface area contributed by atoms with Crippen LogP contribution in [0.25, 0.3) is 11.1 Å². The normalized spacial score (nSPS) is 16.2. The van der Waals surface area contributed by atoms with Gasteiger partial charge in [-0.2, -0.15) is 5.26 Å². The Morgan fingerprint density at radius 1 is 1.36 bits per heavy atom. The van der Waals surface area contributed by atoms with Crippen LogP contribution in [-0.4, -0.2) is 6.21 Å². The maximum atomic E-state index is 9.73. The van der Waals surface area contributed by atoms with Gasteiger partial charge in [0, 0.05) is 6.21 Å². The molecule has 0 spiro atoms. The molecular formula is C25H29N3. The first-order valence-electron chi connectivity index (χ1n) is 10.2. The third-order valence-corrected chi connectivity index (χ3v) is 5.86. The number of rotatable bonds is 6. The number of benzene rings is 2. The van der Waals surface area contributed by atoms with Crippen molar-refractivity contribution >= 4 is 17.6 Å². The molecule has 144 valence electrons. The Hall–Kier alpha value is -2.86. The van der Waals surface area contributed by atoms with Crippen LogP contribution in [0.2, 0.25) is 0 Å². The fourth-order valence-corrected chi connectivity index (χ4v) is 3.98. The zero-order chi connectivity index (χ0) is 20.3. The summed E-state index contributed by atoms with van der Waals surface area (Å²) in [7, 11) is 0. The molecule has 0 bridgehead atoms. The van der Waals surface area contributed by atoms with E-state index in [0.717, 1.165) is 41.8 Å². The van der Waals surface area contributed by atoms with Crippen LogP contribution in [0.3, 0.4) is 0 Å². The topological polar surface area (TPSA) is 48.2 Å². The first-order valence-corrected chi connectivity index (χ1v) is 10.2. The van der Waals surface area contributed by atoms with Gasteiger partial charge in [0.1, 0.15) is 6.07 Å². The first kappa shape index (κ1) is 19.9. The highest BCUT2D eigenvalue weighted by Crippen LogP contribution is 2.42. The Morgan fingerprint density at radius 3 is 2.79 bits per heavy atom. The van der Waals surface area contributed by atoms with Gasteiger partial charge in [0.25, 0.3) is 0 Å². The van der Waals surface area contributed by atoms with Crippen molar-refractivity contribution in [2.24, 2.45) is 10.9 Å². The van der Waals surface area contributed by atoms with Gasteiger partial charge in [-0.1, -0.05) is 39.5 Å². The molecule has 3 rings (SSSR count). The summed E-state index contributed by atoms with van der Waals surface area (Å²) in [6.45, 7) is 12.4. The number of anilines is 1. The van der Waals surface area contributed by atoms with Crippen LogP contribution in [0.15, 0.2) is 42.0 Å². The summed E-state index contributed by atoms with van der Waals surface area (Å²) in [6.07, 6.45) is 6.93. The van der Waals surface area contributed by atoms with Gasteiger partial charge in [0.05, 0.1) is 16.9 Å². The van der Waals surface area contributed by atoms with Crippen LogP contribution in [0.1, 0.15) is 61.8 Å². The second-order valence-corrected chi connectivity index (χ2v) is 7.67. The Balaban J connectivity index is 2.22. The average Bonchev–Trinajstić information content (AvgIpc) is 2.72. The highest BCUT2D eigenvalue weighted by atomic mass is 14.8. The van der Waals surface area contributed by atoms with E-state index in [2.05, 4.69) is 69.2 Å². The molecule has 2 unspecified atom stereocenters. The number of nitrogens with zero attached hydrogens (tertiary/aromatic N) is 2. The van der Waals surface area contributed by atoms with Crippen molar-refractivity contribution in [2.45, 2.75) is 52.9 Å². The molecule has 3 heteroatoms. The minimum Gasteiger partial charge on any atom is -0.361 e. The molecule has 1 aliphatic heterocycles. The molecule has 2 aromatic rings. The molecule has 1 aliphatic rings. The first-order chi connectivity index (χ1) is 13.5. The van der Waals surface area contributed by atoms with Crippen molar-refractivity contribution in [3.05, 3.63) is 59.3 Å². The van der Waals surface area contributed by atoms with E-state index in [1.165, 1.54) is 16.7 Å². The lowest BCUT2D eigenvalue weighted by Gasteiger charge is -2.24. The molecular weight excluding hydrogens is 342 g/mol. The van der Waals surface area contributed by atoms with Crippen molar-refractivity contribution in [2.75, 3.05) is 5.32 Å². The molecule has 3 nitrogen and oxygen atoms in total. The average molecular weight is 372 g/mol. The molecule has 0 aromatic heterocycles. The summed E-state index contributed by atoms with van der Waals surface area (Å²) in [4.78, 5) is 4.73. The molecule has 0 amide bonds. The molecule has 0 fully saturated rings. The van der Waals surface area contributed by atoms with Gasteiger partial charge in [-0.3, -0.25) is 4.99 Å². The zero-order valence-corrected chi connectivity index (χ0v) is 17.3. The largest absolute Gasteiger partial charge is 0.361 e. The van der Waals surface area contributed by atoms with Gasteiger partial charge in [0.15, 0.2) is 0 Å². The summed E-state index contributed by atoms with van der Waals surface area (Å²) in [5.74, 6) is 0.851. The second-order valence-electron chi connectivity index (χ2n) is 7.67. The molecule has 1 heterocycles. The number of fused-ring (bicyclic) bond motifs is 1. The van der Waals surface area contributed by atoms with Crippen LogP contribution in [0.4, 0.5) is 11.4 Å². The number of nitriles is 1. The fraction of sp³-hybridized carbons (Fsp3) is 0.360. The van der Waals surface area contributed by atoms with Crippen molar-refractivity contribution in [3.8, 4) is 17.2 Å². The monoisotopic (exact) mass is 371 g/mol. The molecule has 0 aliphatic carbocycles. The molecule has 2 atom stereocenters. The van der Waals surface area contributed by atoms with Crippen LogP contribution in [0, 0.1) is 24.2 Å². The second kappa shape index (κ2) is 8.44. The number of nitrogens with one attached hydrogen (secondary N) is 1. The van der Waals surface area contributed by atoms with E-state index in [9.17, 15) is 5.26 Å². The highest BCUT2D eigenvalue weighted by molar-refractivity contribution is 5.83. The Labute approximate surface area is 168 Å². The van der Waals surface area contributed by atoms with Crippen LogP contribution >= 0.6 is 0 Å². The van der Waals surface area contributed by atoms with Crippen LogP contribution in [-0.2, 0) is 6.42 Å². The van der Waals surface area contributed by atoms with Gasteiger partial charge in [-0.25, -0.2) is 0 Å². The third-order valence-electron chi connectivity index (χ3n) is 5.86. The highest BCUT2D eigenvalue weighted by Gasteiger charge is 2.22. The minimum absolute atomic E-state index is 0.314. The van der Waals surface area contributed by atoms with Crippen LogP contribution in [0.5, 0.6) is 0 Å². The summed E-state index contributed by atoms with van der Waals surface area (Å²) in [6, 6.07) is 11.1. The minimum atomic E-state index is 0.314. The zero-order valence-electron chi connectivity index (χ0n) is 17.3. The Morgan fingerprint density at radius 2 is 2.14 bits per heavy atom. The number of aryl methyl sites for hydroxylation is 1. The predicted octanol–water partition coefficient (Wildman–Crippen LogP) is 6.89. The SMILES string of the molecule is C=CNc1c(C#N)c(C)cc(-c2ccc3c(c2)N=CC(CC)C3)c1C(C)CC. The van der Waals surface area contributed by atoms with E-state index in [1.807, 2.05) is 6.92 Å². The quantitative estimate of drug-likeness (QED) is 0.601. The van der Waals surface area contributed by atoms with Crippen molar-refractivity contribution < 1.29 is 0 Å². The summed E-state index contributed by atoms with van der Waals surface area (Å²) in [5, 5.41) is 13.0. The third kappa shape index (κ3) is 3.60. The maximum absolute atomic E-state index is 9.73.